The second-order valence-corrected chi connectivity index (χ2v) is 7.31. The minimum atomic E-state index is -3.66. The first-order valence-electron chi connectivity index (χ1n) is 7.33. The van der Waals surface area contributed by atoms with E-state index in [0.29, 0.717) is 17.9 Å². The van der Waals surface area contributed by atoms with Crippen molar-refractivity contribution in [3.63, 3.8) is 0 Å². The van der Waals surface area contributed by atoms with E-state index in [1.807, 2.05) is 31.2 Å². The summed E-state index contributed by atoms with van der Waals surface area (Å²) < 4.78 is 38.1. The fraction of sp³-hybridized carbons (Fsp3) is 0.294. The number of para-hydroxylation sites is 1. The van der Waals surface area contributed by atoms with Crippen LogP contribution in [0.5, 0.6) is 11.5 Å². The Hall–Kier alpha value is -2.21. The lowest BCUT2D eigenvalue weighted by molar-refractivity contribution is 0.354. The topological polar surface area (TPSA) is 55.8 Å². The number of anilines is 1. The lowest BCUT2D eigenvalue weighted by atomic mass is 10.1. The highest BCUT2D eigenvalue weighted by Gasteiger charge is 2.36. The van der Waals surface area contributed by atoms with Gasteiger partial charge in [0.25, 0.3) is 10.0 Å². The van der Waals surface area contributed by atoms with E-state index < -0.39 is 10.0 Å². The summed E-state index contributed by atoms with van der Waals surface area (Å²) in [6.07, 6.45) is 0.711. The highest BCUT2D eigenvalue weighted by atomic mass is 32.2. The standard InChI is InChI=1S/C17H19NO4S/c1-12-10-13-6-4-5-7-15(13)18(12)23(19,20)14-8-9-16(21-2)17(11-14)22-3/h4-9,11-12H,10H2,1-3H3/t12-/m0/s1. The molecule has 1 aliphatic rings. The molecule has 23 heavy (non-hydrogen) atoms. The van der Waals surface area contributed by atoms with E-state index in [9.17, 15) is 8.42 Å². The van der Waals surface area contributed by atoms with E-state index in [4.69, 9.17) is 9.47 Å². The molecular formula is C17H19NO4S. The summed E-state index contributed by atoms with van der Waals surface area (Å²) in [5.74, 6) is 0.898. The van der Waals surface area contributed by atoms with E-state index in [0.717, 1.165) is 11.3 Å². The number of hydrogen-bond acceptors (Lipinski definition) is 4. The monoisotopic (exact) mass is 333 g/mol. The van der Waals surface area contributed by atoms with Gasteiger partial charge in [0.15, 0.2) is 11.5 Å². The molecule has 0 aromatic heterocycles. The zero-order valence-electron chi connectivity index (χ0n) is 13.3. The van der Waals surface area contributed by atoms with Crippen molar-refractivity contribution in [3.8, 4) is 11.5 Å². The van der Waals surface area contributed by atoms with Gasteiger partial charge < -0.3 is 9.47 Å². The summed E-state index contributed by atoms with van der Waals surface area (Å²) in [4.78, 5) is 0.193. The van der Waals surface area contributed by atoms with Crippen LogP contribution in [0, 0.1) is 0 Å². The Kier molecular flexibility index (Phi) is 3.93. The van der Waals surface area contributed by atoms with Gasteiger partial charge in [-0.1, -0.05) is 18.2 Å². The SMILES string of the molecule is COc1ccc(S(=O)(=O)N2c3ccccc3C[C@@H]2C)cc1OC. The van der Waals surface area contributed by atoms with Crippen LogP contribution in [0.4, 0.5) is 5.69 Å². The first-order chi connectivity index (χ1) is 11.0. The van der Waals surface area contributed by atoms with E-state index >= 15 is 0 Å². The lowest BCUT2D eigenvalue weighted by Gasteiger charge is -2.24. The molecule has 122 valence electrons. The van der Waals surface area contributed by atoms with Crippen LogP contribution in [0.2, 0.25) is 0 Å². The Balaban J connectivity index is 2.09. The molecule has 2 aromatic carbocycles. The maximum absolute atomic E-state index is 13.1. The van der Waals surface area contributed by atoms with E-state index in [-0.39, 0.29) is 10.9 Å². The van der Waals surface area contributed by atoms with Crippen LogP contribution >= 0.6 is 0 Å². The molecule has 0 amide bonds. The van der Waals surface area contributed by atoms with Crippen LogP contribution in [-0.4, -0.2) is 28.7 Å². The Morgan fingerprint density at radius 1 is 1.04 bits per heavy atom. The average molecular weight is 333 g/mol. The summed E-state index contributed by atoms with van der Waals surface area (Å²) in [5, 5.41) is 0. The van der Waals surface area contributed by atoms with Crippen molar-refractivity contribution in [2.75, 3.05) is 18.5 Å². The molecule has 1 atom stereocenters. The molecule has 0 saturated heterocycles. The second kappa shape index (κ2) is 5.77. The third kappa shape index (κ3) is 2.53. The van der Waals surface area contributed by atoms with Crippen molar-refractivity contribution in [2.24, 2.45) is 0 Å². The molecule has 0 saturated carbocycles. The van der Waals surface area contributed by atoms with Gasteiger partial charge in [0.2, 0.25) is 0 Å². The van der Waals surface area contributed by atoms with Crippen LogP contribution in [0.1, 0.15) is 12.5 Å². The summed E-state index contributed by atoms with van der Waals surface area (Å²) in [5.41, 5.74) is 1.79. The Bertz CT molecular complexity index is 832. The Morgan fingerprint density at radius 2 is 1.74 bits per heavy atom. The van der Waals surface area contributed by atoms with Crippen molar-refractivity contribution in [2.45, 2.75) is 24.3 Å². The number of sulfonamides is 1. The minimum absolute atomic E-state index is 0.120. The molecule has 0 N–H and O–H groups in total. The first-order valence-corrected chi connectivity index (χ1v) is 8.77. The molecule has 0 bridgehead atoms. The van der Waals surface area contributed by atoms with Crippen LogP contribution in [0.3, 0.4) is 0 Å². The predicted molar refractivity (Wildman–Crippen MR) is 88.8 cm³/mol. The number of methoxy groups -OCH3 is 2. The minimum Gasteiger partial charge on any atom is -0.493 e. The molecule has 1 heterocycles. The number of hydrogen-bond donors (Lipinski definition) is 0. The van der Waals surface area contributed by atoms with Crippen LogP contribution in [-0.2, 0) is 16.4 Å². The zero-order chi connectivity index (χ0) is 16.6. The maximum atomic E-state index is 13.1. The highest BCUT2D eigenvalue weighted by Crippen LogP contribution is 2.38. The number of ether oxygens (including phenoxy) is 2. The zero-order valence-corrected chi connectivity index (χ0v) is 14.1. The number of benzene rings is 2. The number of fused-ring (bicyclic) bond motifs is 1. The first kappa shape index (κ1) is 15.7. The molecule has 0 spiro atoms. The number of rotatable bonds is 4. The fourth-order valence-electron chi connectivity index (χ4n) is 2.99. The Morgan fingerprint density at radius 3 is 2.43 bits per heavy atom. The van der Waals surface area contributed by atoms with Gasteiger partial charge in [-0.05, 0) is 37.1 Å². The third-order valence-corrected chi connectivity index (χ3v) is 5.98. The van der Waals surface area contributed by atoms with Crippen molar-refractivity contribution in [3.05, 3.63) is 48.0 Å². The molecule has 1 aliphatic heterocycles. The van der Waals surface area contributed by atoms with Crippen molar-refractivity contribution in [1.82, 2.24) is 0 Å². The molecule has 0 radical (unpaired) electrons. The van der Waals surface area contributed by atoms with Crippen molar-refractivity contribution >= 4 is 15.7 Å². The predicted octanol–water partition coefficient (Wildman–Crippen LogP) is 2.84. The van der Waals surface area contributed by atoms with Crippen LogP contribution in [0.15, 0.2) is 47.4 Å². The molecule has 2 aromatic rings. The van der Waals surface area contributed by atoms with Gasteiger partial charge in [-0.3, -0.25) is 4.31 Å². The molecule has 0 unspecified atom stereocenters. The Labute approximate surface area is 136 Å². The van der Waals surface area contributed by atoms with Crippen molar-refractivity contribution in [1.29, 1.82) is 0 Å². The van der Waals surface area contributed by atoms with E-state index in [1.54, 1.807) is 12.1 Å². The summed E-state index contributed by atoms with van der Waals surface area (Å²) >= 11 is 0. The van der Waals surface area contributed by atoms with Gasteiger partial charge in [-0.15, -0.1) is 0 Å². The van der Waals surface area contributed by atoms with Gasteiger partial charge >= 0.3 is 0 Å². The fourth-order valence-corrected chi connectivity index (χ4v) is 4.70. The molecule has 3 rings (SSSR count). The smallest absolute Gasteiger partial charge is 0.264 e. The largest absolute Gasteiger partial charge is 0.493 e. The van der Waals surface area contributed by atoms with Gasteiger partial charge in [0.05, 0.1) is 24.8 Å². The summed E-state index contributed by atoms with van der Waals surface area (Å²) in [6, 6.07) is 12.1. The second-order valence-electron chi connectivity index (χ2n) is 5.50. The highest BCUT2D eigenvalue weighted by molar-refractivity contribution is 7.92. The van der Waals surface area contributed by atoms with Gasteiger partial charge in [0.1, 0.15) is 0 Å². The molecule has 6 heteroatoms. The number of nitrogens with zero attached hydrogens (tertiary/aromatic N) is 1. The quantitative estimate of drug-likeness (QED) is 0.863. The van der Waals surface area contributed by atoms with Gasteiger partial charge in [0, 0.05) is 12.1 Å². The average Bonchev–Trinajstić information content (AvgIpc) is 2.90. The molecule has 0 aliphatic carbocycles. The summed E-state index contributed by atoms with van der Waals surface area (Å²) in [6.45, 7) is 1.91. The molecule has 5 nitrogen and oxygen atoms in total. The maximum Gasteiger partial charge on any atom is 0.264 e. The van der Waals surface area contributed by atoms with E-state index in [1.165, 1.54) is 24.6 Å². The van der Waals surface area contributed by atoms with Gasteiger partial charge in [-0.25, -0.2) is 8.42 Å². The molecule has 0 fully saturated rings. The van der Waals surface area contributed by atoms with Gasteiger partial charge in [-0.2, -0.15) is 0 Å². The summed E-state index contributed by atoms with van der Waals surface area (Å²) in [7, 11) is -0.654. The normalized spacial score (nSPS) is 17.0. The van der Waals surface area contributed by atoms with E-state index in [2.05, 4.69) is 0 Å². The lowest BCUT2D eigenvalue weighted by Crippen LogP contribution is -2.35. The third-order valence-electron chi connectivity index (χ3n) is 4.06. The van der Waals surface area contributed by atoms with Crippen LogP contribution in [0.25, 0.3) is 0 Å². The molecular weight excluding hydrogens is 314 g/mol. The van der Waals surface area contributed by atoms with Crippen LogP contribution < -0.4 is 13.8 Å². The van der Waals surface area contributed by atoms with Crippen molar-refractivity contribution < 1.29 is 17.9 Å².